The molecule has 0 fully saturated rings. The number of aromatic nitrogens is 1. The number of thiazole rings is 1. The second kappa shape index (κ2) is 4.31. The van der Waals surface area contributed by atoms with Gasteiger partial charge in [-0.05, 0) is 17.0 Å². The molecule has 0 saturated heterocycles. The number of benzene rings is 1. The van der Waals surface area contributed by atoms with Crippen LogP contribution in [0.25, 0.3) is 21.0 Å². The second-order valence-electron chi connectivity index (χ2n) is 3.57. The quantitative estimate of drug-likeness (QED) is 0.751. The van der Waals surface area contributed by atoms with E-state index in [0.717, 1.165) is 15.4 Å². The van der Waals surface area contributed by atoms with Gasteiger partial charge >= 0.3 is 0 Å². The monoisotopic (exact) mass is 258 g/mol. The highest BCUT2D eigenvalue weighted by Gasteiger charge is 2.13. The number of anilines is 1. The molecule has 4 heteroatoms. The molecule has 17 heavy (non-hydrogen) atoms. The summed E-state index contributed by atoms with van der Waals surface area (Å²) in [6.45, 7) is 0. The van der Waals surface area contributed by atoms with Gasteiger partial charge < -0.3 is 5.73 Å². The Labute approximate surface area is 107 Å². The van der Waals surface area contributed by atoms with Crippen molar-refractivity contribution in [1.29, 1.82) is 0 Å². The van der Waals surface area contributed by atoms with Crippen molar-refractivity contribution in [2.24, 2.45) is 0 Å². The van der Waals surface area contributed by atoms with Gasteiger partial charge in [0.25, 0.3) is 0 Å². The molecule has 0 aliphatic rings. The molecule has 0 aliphatic heterocycles. The number of nitrogens with zero attached hydrogens (tertiary/aromatic N) is 1. The molecule has 3 rings (SSSR count). The lowest BCUT2D eigenvalue weighted by atomic mass is 10.1. The Morgan fingerprint density at radius 1 is 1.00 bits per heavy atom. The molecule has 0 atom stereocenters. The maximum absolute atomic E-state index is 5.83. The van der Waals surface area contributed by atoms with Gasteiger partial charge in [-0.15, -0.1) is 11.3 Å². The maximum atomic E-state index is 5.83. The van der Waals surface area contributed by atoms with Crippen molar-refractivity contribution in [2.45, 2.75) is 0 Å². The minimum atomic E-state index is 0.618. The standard InChI is InChI=1S/C13H10N2S2/c14-13-15-11(10-7-4-8-16-10)12(17-13)9-5-2-1-3-6-9/h1-8H,(H2,14,15). The van der Waals surface area contributed by atoms with Crippen LogP contribution in [0.15, 0.2) is 47.8 Å². The smallest absolute Gasteiger partial charge is 0.181 e. The van der Waals surface area contributed by atoms with Crippen molar-refractivity contribution in [1.82, 2.24) is 4.98 Å². The van der Waals surface area contributed by atoms with Gasteiger partial charge in [0.1, 0.15) is 5.69 Å². The molecule has 2 N–H and O–H groups in total. The van der Waals surface area contributed by atoms with Gasteiger partial charge in [-0.3, -0.25) is 0 Å². The van der Waals surface area contributed by atoms with E-state index in [1.165, 1.54) is 16.9 Å². The van der Waals surface area contributed by atoms with Crippen LogP contribution in [-0.4, -0.2) is 4.98 Å². The van der Waals surface area contributed by atoms with Crippen LogP contribution in [-0.2, 0) is 0 Å². The first kappa shape index (κ1) is 10.5. The fourth-order valence-corrected chi connectivity index (χ4v) is 3.34. The van der Waals surface area contributed by atoms with E-state index < -0.39 is 0 Å². The zero-order valence-corrected chi connectivity index (χ0v) is 10.6. The first-order chi connectivity index (χ1) is 8.34. The summed E-state index contributed by atoms with van der Waals surface area (Å²) >= 11 is 3.23. The molecule has 2 nitrogen and oxygen atoms in total. The third-order valence-electron chi connectivity index (χ3n) is 2.43. The summed E-state index contributed by atoms with van der Waals surface area (Å²) in [7, 11) is 0. The largest absolute Gasteiger partial charge is 0.375 e. The first-order valence-electron chi connectivity index (χ1n) is 5.20. The topological polar surface area (TPSA) is 38.9 Å². The molecule has 84 valence electrons. The van der Waals surface area contributed by atoms with Gasteiger partial charge in [0, 0.05) is 0 Å². The molecular weight excluding hydrogens is 248 g/mol. The Kier molecular flexibility index (Phi) is 2.66. The zero-order chi connectivity index (χ0) is 11.7. The normalized spacial score (nSPS) is 10.6. The summed E-state index contributed by atoms with van der Waals surface area (Å²) in [5, 5.41) is 2.67. The van der Waals surface area contributed by atoms with E-state index in [1.54, 1.807) is 11.3 Å². The van der Waals surface area contributed by atoms with E-state index in [2.05, 4.69) is 28.6 Å². The molecular formula is C13H10N2S2. The van der Waals surface area contributed by atoms with Gasteiger partial charge in [-0.25, -0.2) is 4.98 Å². The molecule has 0 saturated carbocycles. The number of nitrogen functional groups attached to an aromatic ring is 1. The van der Waals surface area contributed by atoms with Crippen LogP contribution in [0.2, 0.25) is 0 Å². The van der Waals surface area contributed by atoms with E-state index in [1.807, 2.05) is 24.3 Å². The van der Waals surface area contributed by atoms with Gasteiger partial charge in [-0.1, -0.05) is 47.7 Å². The lowest BCUT2D eigenvalue weighted by Crippen LogP contribution is -1.81. The van der Waals surface area contributed by atoms with Crippen molar-refractivity contribution in [2.75, 3.05) is 5.73 Å². The third-order valence-corrected chi connectivity index (χ3v) is 4.24. The molecule has 0 radical (unpaired) electrons. The fraction of sp³-hybridized carbons (Fsp3) is 0. The van der Waals surface area contributed by atoms with E-state index in [9.17, 15) is 0 Å². The number of thiophene rings is 1. The third kappa shape index (κ3) is 1.97. The van der Waals surface area contributed by atoms with Crippen LogP contribution in [0, 0.1) is 0 Å². The number of hydrogen-bond acceptors (Lipinski definition) is 4. The Hall–Kier alpha value is -1.65. The summed E-state index contributed by atoms with van der Waals surface area (Å²) < 4.78 is 0. The van der Waals surface area contributed by atoms with Gasteiger partial charge in [0.05, 0.1) is 9.75 Å². The molecule has 3 aromatic rings. The highest BCUT2D eigenvalue weighted by molar-refractivity contribution is 7.20. The summed E-state index contributed by atoms with van der Waals surface area (Å²) in [5.41, 5.74) is 8.00. The van der Waals surface area contributed by atoms with Gasteiger partial charge in [0.2, 0.25) is 0 Å². The predicted molar refractivity (Wildman–Crippen MR) is 75.3 cm³/mol. The molecule has 0 spiro atoms. The highest BCUT2D eigenvalue weighted by Crippen LogP contribution is 2.39. The van der Waals surface area contributed by atoms with Crippen molar-refractivity contribution in [3.8, 4) is 21.0 Å². The molecule has 0 aliphatic carbocycles. The minimum Gasteiger partial charge on any atom is -0.375 e. The second-order valence-corrected chi connectivity index (χ2v) is 5.55. The molecule has 1 aromatic carbocycles. The van der Waals surface area contributed by atoms with Crippen molar-refractivity contribution < 1.29 is 0 Å². The van der Waals surface area contributed by atoms with Crippen LogP contribution in [0.5, 0.6) is 0 Å². The van der Waals surface area contributed by atoms with Crippen molar-refractivity contribution in [3.63, 3.8) is 0 Å². The molecule has 0 unspecified atom stereocenters. The van der Waals surface area contributed by atoms with E-state index >= 15 is 0 Å². The van der Waals surface area contributed by atoms with Crippen LogP contribution in [0.3, 0.4) is 0 Å². The zero-order valence-electron chi connectivity index (χ0n) is 8.96. The SMILES string of the molecule is Nc1nc(-c2cccs2)c(-c2ccccc2)s1. The van der Waals surface area contributed by atoms with Crippen LogP contribution >= 0.6 is 22.7 Å². The van der Waals surface area contributed by atoms with Gasteiger partial charge in [0.15, 0.2) is 5.13 Å². The Morgan fingerprint density at radius 3 is 2.53 bits per heavy atom. The molecule has 0 amide bonds. The first-order valence-corrected chi connectivity index (χ1v) is 6.90. The average molecular weight is 258 g/mol. The van der Waals surface area contributed by atoms with Crippen LogP contribution < -0.4 is 5.73 Å². The number of nitrogens with two attached hydrogens (primary N) is 1. The lowest BCUT2D eigenvalue weighted by molar-refractivity contribution is 1.43. The summed E-state index contributed by atoms with van der Waals surface area (Å²) in [5.74, 6) is 0. The highest BCUT2D eigenvalue weighted by atomic mass is 32.1. The van der Waals surface area contributed by atoms with Crippen molar-refractivity contribution in [3.05, 3.63) is 47.8 Å². The summed E-state index contributed by atoms with van der Waals surface area (Å²) in [6, 6.07) is 14.4. The molecule has 2 heterocycles. The maximum Gasteiger partial charge on any atom is 0.181 e. The minimum absolute atomic E-state index is 0.618. The summed E-state index contributed by atoms with van der Waals surface area (Å²) in [6.07, 6.45) is 0. The number of hydrogen-bond donors (Lipinski definition) is 1. The van der Waals surface area contributed by atoms with Crippen LogP contribution in [0.1, 0.15) is 0 Å². The fourth-order valence-electron chi connectivity index (χ4n) is 1.70. The Balaban J connectivity index is 2.18. The van der Waals surface area contributed by atoms with Gasteiger partial charge in [-0.2, -0.15) is 0 Å². The molecule has 2 aromatic heterocycles. The van der Waals surface area contributed by atoms with E-state index in [0.29, 0.717) is 5.13 Å². The van der Waals surface area contributed by atoms with E-state index in [-0.39, 0.29) is 0 Å². The Morgan fingerprint density at radius 2 is 1.82 bits per heavy atom. The summed E-state index contributed by atoms with van der Waals surface area (Å²) in [4.78, 5) is 6.74. The van der Waals surface area contributed by atoms with Crippen molar-refractivity contribution >= 4 is 27.8 Å². The average Bonchev–Trinajstić information content (AvgIpc) is 2.98. The Bertz CT molecular complexity index is 612. The van der Waals surface area contributed by atoms with Crippen LogP contribution in [0.4, 0.5) is 5.13 Å². The van der Waals surface area contributed by atoms with E-state index in [4.69, 9.17) is 5.73 Å². The number of rotatable bonds is 2. The molecule has 0 bridgehead atoms. The lowest BCUT2D eigenvalue weighted by Gasteiger charge is -1.99. The predicted octanol–water partition coefficient (Wildman–Crippen LogP) is 4.12.